The largest absolute Gasteiger partial charge is 0.386 e. The van der Waals surface area contributed by atoms with Crippen LogP contribution in [0.15, 0.2) is 46.7 Å². The maximum atomic E-state index is 12.4. The van der Waals surface area contributed by atoms with E-state index in [2.05, 4.69) is 0 Å². The monoisotopic (exact) mass is 331 g/mol. The Morgan fingerprint density at radius 1 is 1.30 bits per heavy atom. The van der Waals surface area contributed by atoms with Crippen LogP contribution in [0.4, 0.5) is 0 Å². The van der Waals surface area contributed by atoms with Crippen molar-refractivity contribution in [2.45, 2.75) is 11.0 Å². The minimum Gasteiger partial charge on any atom is -0.386 e. The zero-order valence-corrected chi connectivity index (χ0v) is 13.1. The number of rotatable bonds is 5. The second-order valence-electron chi connectivity index (χ2n) is 4.25. The fourth-order valence-electron chi connectivity index (χ4n) is 1.73. The van der Waals surface area contributed by atoms with Crippen LogP contribution < -0.4 is 0 Å². The van der Waals surface area contributed by atoms with E-state index in [1.807, 2.05) is 11.4 Å². The highest BCUT2D eigenvalue weighted by Gasteiger charge is 2.25. The lowest BCUT2D eigenvalue weighted by atomic mass is 10.3. The molecule has 1 atom stereocenters. The van der Waals surface area contributed by atoms with Gasteiger partial charge in [0, 0.05) is 18.5 Å². The number of nitrogens with zero attached hydrogens (tertiary/aromatic N) is 1. The fraction of sp³-hybridized carbons (Fsp3) is 0.231. The van der Waals surface area contributed by atoms with Gasteiger partial charge in [0.2, 0.25) is 10.0 Å². The van der Waals surface area contributed by atoms with Crippen molar-refractivity contribution in [3.05, 3.63) is 51.7 Å². The zero-order valence-electron chi connectivity index (χ0n) is 10.7. The summed E-state index contributed by atoms with van der Waals surface area (Å²) in [5, 5.41) is 12.0. The van der Waals surface area contributed by atoms with Crippen LogP contribution in [-0.4, -0.2) is 31.4 Å². The second kappa shape index (κ2) is 6.24. The summed E-state index contributed by atoms with van der Waals surface area (Å²) in [6, 6.07) is 9.84. The molecular weight excluding hydrogens is 318 g/mol. The average Bonchev–Trinajstić information content (AvgIpc) is 2.92. The third kappa shape index (κ3) is 3.21. The predicted octanol–water partition coefficient (Wildman–Crippen LogP) is 2.76. The van der Waals surface area contributed by atoms with Crippen molar-refractivity contribution in [2.24, 2.45) is 0 Å². The molecule has 1 heterocycles. The first-order valence-corrected chi connectivity index (χ1v) is 8.55. The third-order valence-electron chi connectivity index (χ3n) is 2.83. The highest BCUT2D eigenvalue weighted by molar-refractivity contribution is 7.89. The number of benzene rings is 1. The minimum atomic E-state index is -3.71. The summed E-state index contributed by atoms with van der Waals surface area (Å²) in [7, 11) is -2.28. The Morgan fingerprint density at radius 3 is 2.60 bits per heavy atom. The van der Waals surface area contributed by atoms with Gasteiger partial charge < -0.3 is 5.11 Å². The standard InChI is InChI=1S/C13H14ClNO3S2/c1-15(9-11(16)12-6-4-8-19-12)20(17,18)13-7-3-2-5-10(13)14/h2-8,11,16H,9H2,1H3. The minimum absolute atomic E-state index is 0.0198. The van der Waals surface area contributed by atoms with E-state index >= 15 is 0 Å². The van der Waals surface area contributed by atoms with Gasteiger partial charge in [0.15, 0.2) is 0 Å². The lowest BCUT2D eigenvalue weighted by molar-refractivity contribution is 0.158. The van der Waals surface area contributed by atoms with Crippen molar-refractivity contribution >= 4 is 33.0 Å². The second-order valence-corrected chi connectivity index (χ2v) is 7.65. The molecule has 0 aliphatic carbocycles. The van der Waals surface area contributed by atoms with Gasteiger partial charge in [-0.05, 0) is 23.6 Å². The average molecular weight is 332 g/mol. The molecule has 2 aromatic rings. The Bertz CT molecular complexity index is 671. The van der Waals surface area contributed by atoms with Crippen molar-refractivity contribution in [3.8, 4) is 0 Å². The summed E-state index contributed by atoms with van der Waals surface area (Å²) in [6.07, 6.45) is -0.850. The van der Waals surface area contributed by atoms with Crippen LogP contribution >= 0.6 is 22.9 Å². The third-order valence-corrected chi connectivity index (χ3v) is 6.12. The van der Waals surface area contributed by atoms with Gasteiger partial charge >= 0.3 is 0 Å². The first-order chi connectivity index (χ1) is 9.43. The maximum Gasteiger partial charge on any atom is 0.244 e. The Balaban J connectivity index is 2.20. The molecule has 0 radical (unpaired) electrons. The molecule has 1 aromatic carbocycles. The molecule has 1 N–H and O–H groups in total. The Morgan fingerprint density at radius 2 is 2.00 bits per heavy atom. The molecule has 0 amide bonds. The van der Waals surface area contributed by atoms with Gasteiger partial charge in [0.25, 0.3) is 0 Å². The number of halogens is 1. The van der Waals surface area contributed by atoms with E-state index in [0.29, 0.717) is 0 Å². The van der Waals surface area contributed by atoms with Crippen molar-refractivity contribution in [3.63, 3.8) is 0 Å². The topological polar surface area (TPSA) is 57.6 Å². The number of aliphatic hydroxyl groups excluding tert-OH is 1. The number of thiophene rings is 1. The highest BCUT2D eigenvalue weighted by Crippen LogP contribution is 2.26. The quantitative estimate of drug-likeness (QED) is 0.916. The highest BCUT2D eigenvalue weighted by atomic mass is 35.5. The van der Waals surface area contributed by atoms with Crippen LogP contribution in [0.3, 0.4) is 0 Å². The van der Waals surface area contributed by atoms with Crippen LogP contribution in [0.2, 0.25) is 5.02 Å². The SMILES string of the molecule is CN(CC(O)c1cccs1)S(=O)(=O)c1ccccc1Cl. The molecule has 0 saturated carbocycles. The Labute approximate surface area is 127 Å². The zero-order chi connectivity index (χ0) is 14.8. The molecule has 0 saturated heterocycles. The first kappa shape index (κ1) is 15.5. The molecule has 0 aliphatic heterocycles. The summed E-state index contributed by atoms with van der Waals surface area (Å²) < 4.78 is 25.9. The van der Waals surface area contributed by atoms with Crippen LogP contribution in [0.5, 0.6) is 0 Å². The molecule has 1 aromatic heterocycles. The Kier molecular flexibility index (Phi) is 4.82. The summed E-state index contributed by atoms with van der Waals surface area (Å²) in [4.78, 5) is 0.772. The molecule has 4 nitrogen and oxygen atoms in total. The predicted molar refractivity (Wildman–Crippen MR) is 80.5 cm³/mol. The van der Waals surface area contributed by atoms with Crippen molar-refractivity contribution in [2.75, 3.05) is 13.6 Å². The number of hydrogen-bond acceptors (Lipinski definition) is 4. The van der Waals surface area contributed by atoms with Crippen LogP contribution in [0.1, 0.15) is 11.0 Å². The first-order valence-electron chi connectivity index (χ1n) is 5.85. The molecule has 0 spiro atoms. The van der Waals surface area contributed by atoms with E-state index in [-0.39, 0.29) is 16.5 Å². The smallest absolute Gasteiger partial charge is 0.244 e. The molecule has 7 heteroatoms. The van der Waals surface area contributed by atoms with E-state index in [0.717, 1.165) is 9.18 Å². The van der Waals surface area contributed by atoms with Gasteiger partial charge in [-0.15, -0.1) is 11.3 Å². The van der Waals surface area contributed by atoms with Crippen molar-refractivity contribution < 1.29 is 13.5 Å². The van der Waals surface area contributed by atoms with Gasteiger partial charge in [0.05, 0.1) is 5.02 Å². The molecule has 20 heavy (non-hydrogen) atoms. The van der Waals surface area contributed by atoms with E-state index in [1.165, 1.54) is 30.5 Å². The van der Waals surface area contributed by atoms with Gasteiger partial charge in [-0.25, -0.2) is 8.42 Å². The van der Waals surface area contributed by atoms with E-state index < -0.39 is 16.1 Å². The number of sulfonamides is 1. The normalized spacial score (nSPS) is 13.6. The summed E-state index contributed by atoms with van der Waals surface area (Å²) in [5.41, 5.74) is 0. The fourth-order valence-corrected chi connectivity index (χ4v) is 4.10. The lowest BCUT2D eigenvalue weighted by Gasteiger charge is -2.20. The lowest BCUT2D eigenvalue weighted by Crippen LogP contribution is -2.31. The number of hydrogen-bond donors (Lipinski definition) is 1. The molecular formula is C13H14ClNO3S2. The Hall–Kier alpha value is -0.920. The van der Waals surface area contributed by atoms with E-state index in [1.54, 1.807) is 18.2 Å². The van der Waals surface area contributed by atoms with Gasteiger partial charge in [-0.1, -0.05) is 29.8 Å². The van der Waals surface area contributed by atoms with Crippen LogP contribution in [-0.2, 0) is 10.0 Å². The molecule has 0 fully saturated rings. The molecule has 108 valence electrons. The number of aliphatic hydroxyl groups is 1. The number of likely N-dealkylation sites (N-methyl/N-ethyl adjacent to an activating group) is 1. The van der Waals surface area contributed by atoms with Gasteiger partial charge in [0.1, 0.15) is 11.0 Å². The molecule has 1 unspecified atom stereocenters. The maximum absolute atomic E-state index is 12.4. The van der Waals surface area contributed by atoms with E-state index in [9.17, 15) is 13.5 Å². The van der Waals surface area contributed by atoms with E-state index in [4.69, 9.17) is 11.6 Å². The van der Waals surface area contributed by atoms with Gasteiger partial charge in [-0.2, -0.15) is 4.31 Å². The molecule has 0 bridgehead atoms. The summed E-state index contributed by atoms with van der Waals surface area (Å²) in [5.74, 6) is 0. The van der Waals surface area contributed by atoms with Crippen molar-refractivity contribution in [1.29, 1.82) is 0 Å². The van der Waals surface area contributed by atoms with Crippen LogP contribution in [0.25, 0.3) is 0 Å². The summed E-state index contributed by atoms with van der Waals surface area (Å²) in [6.45, 7) is -0.0198. The van der Waals surface area contributed by atoms with Gasteiger partial charge in [-0.3, -0.25) is 0 Å². The summed E-state index contributed by atoms with van der Waals surface area (Å²) >= 11 is 7.31. The van der Waals surface area contributed by atoms with Crippen molar-refractivity contribution in [1.82, 2.24) is 4.31 Å². The molecule has 0 aliphatic rings. The molecule has 2 rings (SSSR count). The van der Waals surface area contributed by atoms with Crippen LogP contribution in [0, 0.1) is 0 Å².